The zero-order chi connectivity index (χ0) is 60.8. The van der Waals surface area contributed by atoms with Crippen LogP contribution < -0.4 is 15.8 Å². The number of aliphatic hydroxyl groups excluding tert-OH is 3. The van der Waals surface area contributed by atoms with Gasteiger partial charge in [0.25, 0.3) is 0 Å². The number of hydrogen-bond donors (Lipinski definition) is 6. The standard InChI is InChI=1S/C60H93N5O16/c1-15-35(6)50(47(77-13)31-49(70)64-27-19-22-43(64)55(78-14)37(8)44(67)28-36(7)52(71)40-20-17-16-18-21-40)63(10)58(74)41(33(2)3)30-45(68)51(34(4)5)65(11,12)32-39-23-24-46(42(29-39)62-48(69)25-26-61)80-60-57(79-38(9)66)54(73)53(72)56(81-60)59(75)76/h16-18,20-21,23-24,29,33-37,41,43,47,50-57,60,71-73H,15,19,22,25-28,30-32,61H2,1-14H3,(H-,62,69,75,76)/p+1/t35-,36-,37-,41-,43-,47+,50-,51-,52+,53-,54-,55+,56-,57+,60+/m0/s1. The first kappa shape index (κ1) is 68.1. The number of benzene rings is 2. The summed E-state index contributed by atoms with van der Waals surface area (Å²) in [5, 5.41) is 44.8. The van der Waals surface area contributed by atoms with E-state index in [9.17, 15) is 49.2 Å². The summed E-state index contributed by atoms with van der Waals surface area (Å²) in [6, 6.07) is 12.4. The van der Waals surface area contributed by atoms with Crippen molar-refractivity contribution in [2.24, 2.45) is 41.2 Å². The predicted octanol–water partition coefficient (Wildman–Crippen LogP) is 4.90. The Morgan fingerprint density at radius 3 is 2.09 bits per heavy atom. The molecular formula is C60H94N5O16+. The van der Waals surface area contributed by atoms with Crippen LogP contribution in [0.2, 0.25) is 0 Å². The van der Waals surface area contributed by atoms with E-state index in [0.717, 1.165) is 12.5 Å². The fourth-order valence-electron chi connectivity index (χ4n) is 12.1. The number of anilines is 1. The number of esters is 1. The number of Topliss-reactive ketones (excluding diaryl/α,β-unsaturated/α-hetero) is 2. The Morgan fingerprint density at radius 2 is 1.53 bits per heavy atom. The van der Waals surface area contributed by atoms with Gasteiger partial charge in [-0.05, 0) is 54.4 Å². The van der Waals surface area contributed by atoms with E-state index in [2.05, 4.69) is 5.32 Å². The summed E-state index contributed by atoms with van der Waals surface area (Å²) < 4.78 is 29.0. The number of aliphatic carboxylic acids is 1. The van der Waals surface area contributed by atoms with Crippen molar-refractivity contribution in [3.63, 3.8) is 0 Å². The second-order valence-electron chi connectivity index (χ2n) is 23.6. The number of hydrogen-bond acceptors (Lipinski definition) is 16. The maximum Gasteiger partial charge on any atom is 0.335 e. The number of ketones is 2. The van der Waals surface area contributed by atoms with Crippen molar-refractivity contribution in [2.75, 3.05) is 53.8 Å². The van der Waals surface area contributed by atoms with E-state index >= 15 is 4.79 Å². The number of ether oxygens (including phenoxy) is 5. The maximum absolute atomic E-state index is 15.0. The SMILES string of the molecule is CC[C@H](C)[C@@H]([C@@H](CC(=O)N1CCC[C@H]1[C@H](OC)[C@@H](C)C(=O)C[C@H](C)[C@@H](O)c1ccccc1)OC)N(C)C(=O)[C@@H](CC(=O)[C@H](C(C)C)[N+](C)(C)Cc1ccc(O[C@@H]2O[C@H](C(=O)O)[C@@H](O)[C@H](O)[C@H]2OC(C)=O)c(NC(=O)CCN)c1)C(C)C. The largest absolute Gasteiger partial charge is 0.479 e. The normalized spacial score (nSPS) is 22.8. The van der Waals surface area contributed by atoms with E-state index in [4.69, 9.17) is 29.4 Å². The first-order valence-corrected chi connectivity index (χ1v) is 28.5. The molecule has 3 amide bonds. The predicted molar refractivity (Wildman–Crippen MR) is 302 cm³/mol. The highest BCUT2D eigenvalue weighted by Crippen LogP contribution is 2.36. The van der Waals surface area contributed by atoms with Gasteiger partial charge in [0.05, 0.1) is 56.6 Å². The molecule has 0 saturated carbocycles. The number of aliphatic hydroxyl groups is 3. The number of likely N-dealkylation sites (tertiary alicyclic amines) is 1. The van der Waals surface area contributed by atoms with Crippen LogP contribution in [0.15, 0.2) is 48.5 Å². The van der Waals surface area contributed by atoms with Crippen LogP contribution in [0.3, 0.4) is 0 Å². The fourth-order valence-corrected chi connectivity index (χ4v) is 12.1. The van der Waals surface area contributed by atoms with Crippen LogP contribution >= 0.6 is 0 Å². The molecule has 21 nitrogen and oxygen atoms in total. The van der Waals surface area contributed by atoms with E-state index < -0.39 is 90.8 Å². The van der Waals surface area contributed by atoms with E-state index in [1.165, 1.54) is 13.2 Å². The molecule has 2 aromatic carbocycles. The van der Waals surface area contributed by atoms with Gasteiger partial charge in [0, 0.05) is 83.9 Å². The first-order valence-electron chi connectivity index (χ1n) is 28.5. The highest BCUT2D eigenvalue weighted by molar-refractivity contribution is 5.92. The van der Waals surface area contributed by atoms with Gasteiger partial charge in [0.15, 0.2) is 24.0 Å². The van der Waals surface area contributed by atoms with Crippen molar-refractivity contribution in [3.8, 4) is 5.75 Å². The minimum Gasteiger partial charge on any atom is -0.479 e. The number of quaternary nitrogens is 1. The van der Waals surface area contributed by atoms with Crippen LogP contribution in [0.1, 0.15) is 124 Å². The zero-order valence-corrected chi connectivity index (χ0v) is 50.1. The lowest BCUT2D eigenvalue weighted by molar-refractivity contribution is -0.922. The van der Waals surface area contributed by atoms with Crippen molar-refractivity contribution in [1.82, 2.24) is 9.80 Å². The molecule has 81 heavy (non-hydrogen) atoms. The van der Waals surface area contributed by atoms with E-state index in [-0.39, 0.29) is 108 Å². The number of rotatable bonds is 31. The summed E-state index contributed by atoms with van der Waals surface area (Å²) in [7, 11) is 8.59. The molecule has 2 aliphatic heterocycles. The number of methoxy groups -OCH3 is 2. The summed E-state index contributed by atoms with van der Waals surface area (Å²) in [4.78, 5) is 98.8. The van der Waals surface area contributed by atoms with Gasteiger partial charge in [-0.25, -0.2) is 4.79 Å². The maximum atomic E-state index is 15.0. The van der Waals surface area contributed by atoms with Gasteiger partial charge in [-0.3, -0.25) is 28.8 Å². The Labute approximate surface area is 478 Å². The van der Waals surface area contributed by atoms with Crippen molar-refractivity contribution in [3.05, 3.63) is 59.7 Å². The van der Waals surface area contributed by atoms with Crippen molar-refractivity contribution in [2.45, 2.75) is 181 Å². The minimum atomic E-state index is -1.97. The summed E-state index contributed by atoms with van der Waals surface area (Å²) in [5.74, 6) is -5.95. The molecule has 15 atom stereocenters. The molecule has 4 rings (SSSR count). The lowest BCUT2D eigenvalue weighted by Crippen LogP contribution is -2.62. The third kappa shape index (κ3) is 17.6. The van der Waals surface area contributed by atoms with Crippen LogP contribution in [0, 0.1) is 35.5 Å². The van der Waals surface area contributed by atoms with Gasteiger partial charge in [0.1, 0.15) is 30.3 Å². The lowest BCUT2D eigenvalue weighted by Gasteiger charge is -2.42. The van der Waals surface area contributed by atoms with Gasteiger partial charge >= 0.3 is 11.9 Å². The van der Waals surface area contributed by atoms with Crippen molar-refractivity contribution >= 4 is 46.9 Å². The minimum absolute atomic E-state index is 0.0129. The highest BCUT2D eigenvalue weighted by Gasteiger charge is 2.51. The number of nitrogens with one attached hydrogen (secondary N) is 1. The van der Waals surface area contributed by atoms with Crippen LogP contribution in [0.4, 0.5) is 5.69 Å². The molecule has 2 aliphatic rings. The van der Waals surface area contributed by atoms with Gasteiger partial charge in [-0.2, -0.15) is 0 Å². The summed E-state index contributed by atoms with van der Waals surface area (Å²) in [6.07, 6.45) is -9.45. The van der Waals surface area contributed by atoms with E-state index in [1.807, 2.05) is 99.8 Å². The molecule has 0 spiro atoms. The number of nitrogens with zero attached hydrogens (tertiary/aromatic N) is 3. The van der Waals surface area contributed by atoms with Crippen molar-refractivity contribution < 1.29 is 82.2 Å². The van der Waals surface area contributed by atoms with E-state index in [1.54, 1.807) is 36.1 Å². The Kier molecular flexibility index (Phi) is 25.9. The molecule has 0 aromatic heterocycles. The van der Waals surface area contributed by atoms with Crippen molar-refractivity contribution in [1.29, 1.82) is 0 Å². The average Bonchev–Trinajstić information content (AvgIpc) is 3.90. The number of likely N-dealkylation sites (N-methyl/N-ethyl adjacent to an activating group) is 2. The van der Waals surface area contributed by atoms with Crippen LogP contribution in [-0.2, 0) is 59.1 Å². The molecule has 2 fully saturated rings. The zero-order valence-electron chi connectivity index (χ0n) is 50.1. The van der Waals surface area contributed by atoms with Gasteiger partial charge < -0.3 is 69.4 Å². The molecule has 0 aliphatic carbocycles. The Bertz CT molecular complexity index is 2420. The number of carboxylic acid groups (broad SMARTS) is 1. The second kappa shape index (κ2) is 30.8. The molecule has 0 unspecified atom stereocenters. The average molecular weight is 1140 g/mol. The highest BCUT2D eigenvalue weighted by atomic mass is 16.7. The number of amides is 3. The molecule has 2 saturated heterocycles. The number of carbonyl (C=O) groups excluding carboxylic acids is 6. The quantitative estimate of drug-likeness (QED) is 0.0432. The first-order chi connectivity index (χ1) is 38.0. The van der Waals surface area contributed by atoms with Crippen LogP contribution in [0.25, 0.3) is 0 Å². The Balaban J connectivity index is 1.56. The molecule has 454 valence electrons. The van der Waals surface area contributed by atoms with Crippen LogP contribution in [-0.4, -0.2) is 185 Å². The topological polar surface area (TPSA) is 291 Å². The second-order valence-corrected chi connectivity index (χ2v) is 23.6. The summed E-state index contributed by atoms with van der Waals surface area (Å²) >= 11 is 0. The smallest absolute Gasteiger partial charge is 0.335 e. The number of carboxylic acids is 1. The Morgan fingerprint density at radius 1 is 0.877 bits per heavy atom. The number of nitrogens with two attached hydrogens (primary N) is 1. The molecule has 0 bridgehead atoms. The molecule has 21 heteroatoms. The van der Waals surface area contributed by atoms with Crippen LogP contribution in [0.5, 0.6) is 5.75 Å². The number of carbonyl (C=O) groups is 7. The van der Waals surface area contributed by atoms with Gasteiger partial charge in [0.2, 0.25) is 24.0 Å². The third-order valence-electron chi connectivity index (χ3n) is 16.4. The van der Waals surface area contributed by atoms with Gasteiger partial charge in [-0.15, -0.1) is 0 Å². The molecule has 2 heterocycles. The van der Waals surface area contributed by atoms with E-state index in [0.29, 0.717) is 31.4 Å². The fraction of sp³-hybridized carbons (Fsp3) is 0.683. The summed E-state index contributed by atoms with van der Waals surface area (Å²) in [6.45, 7) is 17.1. The van der Waals surface area contributed by atoms with Gasteiger partial charge in [-0.1, -0.05) is 92.1 Å². The molecule has 7 N–H and O–H groups in total. The molecular weight excluding hydrogens is 1050 g/mol. The Hall–Kier alpha value is -5.39. The third-order valence-corrected chi connectivity index (χ3v) is 16.4. The monoisotopic (exact) mass is 1140 g/mol. The summed E-state index contributed by atoms with van der Waals surface area (Å²) in [5.41, 5.74) is 7.15. The molecule has 2 aromatic rings. The molecule has 0 radical (unpaired) electrons. The lowest BCUT2D eigenvalue weighted by atomic mass is 9.83.